The maximum atomic E-state index is 11.8. The summed E-state index contributed by atoms with van der Waals surface area (Å²) in [6.07, 6.45) is 0.989. The van der Waals surface area contributed by atoms with Gasteiger partial charge < -0.3 is 5.32 Å². The molecule has 0 aliphatic carbocycles. The predicted molar refractivity (Wildman–Crippen MR) is 75.6 cm³/mol. The van der Waals surface area contributed by atoms with Crippen molar-refractivity contribution in [3.05, 3.63) is 33.4 Å². The molecule has 3 heteroatoms. The Hall–Kier alpha value is -0.580. The van der Waals surface area contributed by atoms with Crippen LogP contribution >= 0.6 is 22.6 Å². The molecule has 0 fully saturated rings. The first kappa shape index (κ1) is 13.5. The van der Waals surface area contributed by atoms with Crippen LogP contribution in [0.5, 0.6) is 0 Å². The van der Waals surface area contributed by atoms with Gasteiger partial charge in [0.15, 0.2) is 0 Å². The first-order chi connectivity index (χ1) is 7.38. The molecule has 0 spiro atoms. The van der Waals surface area contributed by atoms with Gasteiger partial charge in [0.1, 0.15) is 0 Å². The van der Waals surface area contributed by atoms with Crippen LogP contribution in [0.15, 0.2) is 24.3 Å². The molecule has 0 radical (unpaired) electrons. The van der Waals surface area contributed by atoms with Crippen LogP contribution < -0.4 is 5.32 Å². The summed E-state index contributed by atoms with van der Waals surface area (Å²) in [5.41, 5.74) is 0.999. The third-order valence-corrected chi connectivity index (χ3v) is 2.92. The van der Waals surface area contributed by atoms with Gasteiger partial charge in [0.05, 0.1) is 0 Å². The fourth-order valence-corrected chi connectivity index (χ4v) is 1.83. The lowest BCUT2D eigenvalue weighted by molar-refractivity contribution is 0.0949. The summed E-state index contributed by atoms with van der Waals surface area (Å²) < 4.78 is 1.08. The molecule has 0 heterocycles. The molecule has 0 bridgehead atoms. The van der Waals surface area contributed by atoms with E-state index in [-0.39, 0.29) is 11.3 Å². The SMILES string of the molecule is CC(C)(C)CCNC(=O)c1cccc(I)c1. The van der Waals surface area contributed by atoms with Crippen molar-refractivity contribution in [1.29, 1.82) is 0 Å². The smallest absolute Gasteiger partial charge is 0.251 e. The average molecular weight is 331 g/mol. The molecular formula is C13H18INO. The van der Waals surface area contributed by atoms with Gasteiger partial charge in [-0.05, 0) is 52.6 Å². The van der Waals surface area contributed by atoms with Crippen molar-refractivity contribution in [2.45, 2.75) is 27.2 Å². The zero-order valence-corrected chi connectivity index (χ0v) is 12.2. The van der Waals surface area contributed by atoms with E-state index in [2.05, 4.69) is 48.7 Å². The second kappa shape index (κ2) is 5.66. The largest absolute Gasteiger partial charge is 0.352 e. The molecule has 0 unspecified atom stereocenters. The summed E-state index contributed by atoms with van der Waals surface area (Å²) in [7, 11) is 0. The highest BCUT2D eigenvalue weighted by Gasteiger charge is 2.11. The minimum Gasteiger partial charge on any atom is -0.352 e. The van der Waals surface area contributed by atoms with Gasteiger partial charge in [-0.15, -0.1) is 0 Å². The molecule has 0 aromatic heterocycles. The summed E-state index contributed by atoms with van der Waals surface area (Å²) in [4.78, 5) is 11.8. The van der Waals surface area contributed by atoms with E-state index < -0.39 is 0 Å². The topological polar surface area (TPSA) is 29.1 Å². The van der Waals surface area contributed by atoms with Crippen molar-refractivity contribution >= 4 is 28.5 Å². The van der Waals surface area contributed by atoms with Crippen LogP contribution in [0.2, 0.25) is 0 Å². The summed E-state index contributed by atoms with van der Waals surface area (Å²) in [6.45, 7) is 7.24. The van der Waals surface area contributed by atoms with E-state index in [1.54, 1.807) is 0 Å². The number of carbonyl (C=O) groups is 1. The lowest BCUT2D eigenvalue weighted by Gasteiger charge is -2.18. The van der Waals surface area contributed by atoms with Crippen molar-refractivity contribution in [2.24, 2.45) is 5.41 Å². The molecule has 0 atom stereocenters. The van der Waals surface area contributed by atoms with Gasteiger partial charge in [0.25, 0.3) is 5.91 Å². The molecule has 1 rings (SSSR count). The van der Waals surface area contributed by atoms with E-state index >= 15 is 0 Å². The zero-order valence-electron chi connectivity index (χ0n) is 10.0. The van der Waals surface area contributed by atoms with E-state index in [9.17, 15) is 4.79 Å². The van der Waals surface area contributed by atoms with E-state index in [0.717, 1.165) is 22.1 Å². The van der Waals surface area contributed by atoms with Crippen LogP contribution in [0.1, 0.15) is 37.6 Å². The number of carbonyl (C=O) groups excluding carboxylic acids is 1. The van der Waals surface area contributed by atoms with Gasteiger partial charge in [-0.2, -0.15) is 0 Å². The molecular weight excluding hydrogens is 313 g/mol. The molecule has 1 aromatic rings. The number of halogens is 1. The van der Waals surface area contributed by atoms with Crippen molar-refractivity contribution in [3.63, 3.8) is 0 Å². The Morgan fingerprint density at radius 3 is 2.62 bits per heavy atom. The molecule has 0 saturated carbocycles. The Bertz CT molecular complexity index is 368. The van der Waals surface area contributed by atoms with Crippen LogP contribution in [-0.4, -0.2) is 12.5 Å². The molecule has 0 aliphatic rings. The Kier molecular flexibility index (Phi) is 4.77. The summed E-state index contributed by atoms with van der Waals surface area (Å²) in [6, 6.07) is 7.62. The molecule has 1 amide bonds. The highest BCUT2D eigenvalue weighted by molar-refractivity contribution is 14.1. The van der Waals surface area contributed by atoms with Crippen LogP contribution in [0.4, 0.5) is 0 Å². The summed E-state index contributed by atoms with van der Waals surface area (Å²) >= 11 is 2.21. The van der Waals surface area contributed by atoms with Crippen molar-refractivity contribution in [1.82, 2.24) is 5.32 Å². The molecule has 2 nitrogen and oxygen atoms in total. The Morgan fingerprint density at radius 2 is 2.06 bits per heavy atom. The van der Waals surface area contributed by atoms with Crippen LogP contribution in [0, 0.1) is 8.99 Å². The fourth-order valence-electron chi connectivity index (χ4n) is 1.28. The Morgan fingerprint density at radius 1 is 1.38 bits per heavy atom. The minimum atomic E-state index is 0.0165. The molecule has 88 valence electrons. The molecule has 0 aliphatic heterocycles. The van der Waals surface area contributed by atoms with E-state index in [4.69, 9.17) is 0 Å². The molecule has 0 saturated heterocycles. The second-order valence-electron chi connectivity index (χ2n) is 5.08. The number of hydrogen-bond acceptors (Lipinski definition) is 1. The standard InChI is InChI=1S/C13H18INO/c1-13(2,3)7-8-15-12(16)10-5-4-6-11(14)9-10/h4-6,9H,7-8H2,1-3H3,(H,15,16). The number of amides is 1. The number of nitrogens with one attached hydrogen (secondary N) is 1. The van der Waals surface area contributed by atoms with E-state index in [0.29, 0.717) is 0 Å². The van der Waals surface area contributed by atoms with Gasteiger partial charge in [-0.25, -0.2) is 0 Å². The summed E-state index contributed by atoms with van der Waals surface area (Å²) in [5.74, 6) is 0.0165. The second-order valence-corrected chi connectivity index (χ2v) is 6.32. The van der Waals surface area contributed by atoms with Gasteiger partial charge in [0.2, 0.25) is 0 Å². The van der Waals surface area contributed by atoms with E-state index in [1.165, 1.54) is 0 Å². The Balaban J connectivity index is 2.47. The number of rotatable bonds is 3. The quantitative estimate of drug-likeness (QED) is 0.845. The third kappa shape index (κ3) is 4.96. The molecule has 1 aromatic carbocycles. The first-order valence-corrected chi connectivity index (χ1v) is 6.50. The third-order valence-electron chi connectivity index (χ3n) is 2.25. The zero-order chi connectivity index (χ0) is 12.2. The average Bonchev–Trinajstić information content (AvgIpc) is 2.15. The highest BCUT2D eigenvalue weighted by atomic mass is 127. The Labute approximate surface area is 111 Å². The lowest BCUT2D eigenvalue weighted by atomic mass is 9.92. The first-order valence-electron chi connectivity index (χ1n) is 5.42. The summed E-state index contributed by atoms with van der Waals surface area (Å²) in [5, 5.41) is 2.94. The van der Waals surface area contributed by atoms with Gasteiger partial charge in [-0.3, -0.25) is 4.79 Å². The molecule has 16 heavy (non-hydrogen) atoms. The van der Waals surface area contributed by atoms with Crippen molar-refractivity contribution in [2.75, 3.05) is 6.54 Å². The van der Waals surface area contributed by atoms with Gasteiger partial charge in [-0.1, -0.05) is 26.8 Å². The van der Waals surface area contributed by atoms with Crippen molar-refractivity contribution in [3.8, 4) is 0 Å². The highest BCUT2D eigenvalue weighted by Crippen LogP contribution is 2.17. The van der Waals surface area contributed by atoms with E-state index in [1.807, 2.05) is 24.3 Å². The lowest BCUT2D eigenvalue weighted by Crippen LogP contribution is -2.27. The van der Waals surface area contributed by atoms with Crippen molar-refractivity contribution < 1.29 is 4.79 Å². The van der Waals surface area contributed by atoms with Crippen LogP contribution in [0.25, 0.3) is 0 Å². The maximum absolute atomic E-state index is 11.8. The van der Waals surface area contributed by atoms with Crippen LogP contribution in [0.3, 0.4) is 0 Å². The molecule has 1 N–H and O–H groups in total. The van der Waals surface area contributed by atoms with Gasteiger partial charge in [0, 0.05) is 15.7 Å². The van der Waals surface area contributed by atoms with Crippen LogP contribution in [-0.2, 0) is 0 Å². The van der Waals surface area contributed by atoms with Gasteiger partial charge >= 0.3 is 0 Å². The normalized spacial score (nSPS) is 11.2. The number of hydrogen-bond donors (Lipinski definition) is 1. The maximum Gasteiger partial charge on any atom is 0.251 e. The minimum absolute atomic E-state index is 0.0165. The fraction of sp³-hybridized carbons (Fsp3) is 0.462. The number of benzene rings is 1. The monoisotopic (exact) mass is 331 g/mol. The predicted octanol–water partition coefficient (Wildman–Crippen LogP) is 3.46.